The molecule has 2 amide bonds. The average molecular weight is 277 g/mol. The van der Waals surface area contributed by atoms with Crippen molar-refractivity contribution >= 4 is 17.5 Å². The number of aryl methyl sites for hydroxylation is 1. The van der Waals surface area contributed by atoms with E-state index in [1.165, 1.54) is 0 Å². The molecule has 0 aliphatic carbocycles. The molecule has 2 rings (SSSR count). The highest BCUT2D eigenvalue weighted by atomic mass is 16.1. The van der Waals surface area contributed by atoms with Crippen molar-refractivity contribution in [3.63, 3.8) is 0 Å². The number of primary amides is 1. The van der Waals surface area contributed by atoms with Crippen LogP contribution in [0.15, 0.2) is 18.2 Å². The Hall–Kier alpha value is -1.92. The van der Waals surface area contributed by atoms with Gasteiger partial charge in [-0.2, -0.15) is 0 Å². The van der Waals surface area contributed by atoms with Gasteiger partial charge in [-0.15, -0.1) is 0 Å². The summed E-state index contributed by atoms with van der Waals surface area (Å²) in [6, 6.07) is 5.69. The van der Waals surface area contributed by atoms with Gasteiger partial charge in [-0.25, -0.2) is 4.79 Å². The van der Waals surface area contributed by atoms with Crippen LogP contribution in [0.1, 0.15) is 15.9 Å². The Morgan fingerprint density at radius 3 is 2.45 bits per heavy atom. The lowest BCUT2D eigenvalue weighted by atomic mass is 10.1. The molecule has 20 heavy (non-hydrogen) atoms. The van der Waals surface area contributed by atoms with E-state index < -0.39 is 0 Å². The molecule has 1 aliphatic rings. The second-order valence-electron chi connectivity index (χ2n) is 5.12. The largest absolute Gasteiger partial charge is 0.369 e. The number of nitrogens with zero attached hydrogens (tertiary/aromatic N) is 2. The number of amides is 2. The molecule has 1 aromatic rings. The summed E-state index contributed by atoms with van der Waals surface area (Å²) in [5.41, 5.74) is 11.4. The summed E-state index contributed by atoms with van der Waals surface area (Å²) in [7, 11) is 0. The van der Waals surface area contributed by atoms with E-state index in [9.17, 15) is 9.59 Å². The predicted molar refractivity (Wildman–Crippen MR) is 76.2 cm³/mol. The standard InChI is InChI=1S/C14H20N4O2/c1-10-3-2-4-11(14(16)20)13(10)18-7-5-17(6-8-18)9-12(15)19/h2-4H,5-9H2,1H3,(H2,15,19)(H2,16,20)/p+1. The van der Waals surface area contributed by atoms with Crippen molar-refractivity contribution in [2.45, 2.75) is 6.92 Å². The van der Waals surface area contributed by atoms with E-state index in [2.05, 4.69) is 10.6 Å². The second kappa shape index (κ2) is 6.02. The monoisotopic (exact) mass is 277 g/mol. The Bertz CT molecular complexity index is 522. The second-order valence-corrected chi connectivity index (χ2v) is 5.12. The molecule has 1 fully saturated rings. The number of para-hydroxylation sites is 1. The van der Waals surface area contributed by atoms with Crippen LogP contribution in [0.4, 0.5) is 5.69 Å². The third kappa shape index (κ3) is 3.15. The number of benzene rings is 1. The number of anilines is 1. The van der Waals surface area contributed by atoms with Crippen LogP contribution in [0, 0.1) is 6.92 Å². The van der Waals surface area contributed by atoms with Crippen molar-refractivity contribution in [3.05, 3.63) is 29.3 Å². The van der Waals surface area contributed by atoms with Gasteiger partial charge in [-0.05, 0) is 18.6 Å². The summed E-state index contributed by atoms with van der Waals surface area (Å²) in [6.07, 6.45) is 0. The summed E-state index contributed by atoms with van der Waals surface area (Å²) in [6.45, 7) is 5.38. The molecule has 1 saturated heterocycles. The van der Waals surface area contributed by atoms with Gasteiger partial charge in [0.1, 0.15) is 5.56 Å². The molecule has 1 heterocycles. The van der Waals surface area contributed by atoms with Gasteiger partial charge in [0.25, 0.3) is 0 Å². The summed E-state index contributed by atoms with van der Waals surface area (Å²) in [5.74, 6) is -0.466. The first-order valence-corrected chi connectivity index (χ1v) is 6.70. The number of hydrogen-bond donors (Lipinski definition) is 2. The van der Waals surface area contributed by atoms with Gasteiger partial charge in [-0.3, -0.25) is 15.4 Å². The average Bonchev–Trinajstić information content (AvgIpc) is 2.39. The van der Waals surface area contributed by atoms with Crippen molar-refractivity contribution in [3.8, 4) is 0 Å². The molecule has 0 atom stereocenters. The van der Waals surface area contributed by atoms with Gasteiger partial charge < -0.3 is 10.6 Å². The van der Waals surface area contributed by atoms with Crippen molar-refractivity contribution in [1.82, 2.24) is 4.90 Å². The maximum absolute atomic E-state index is 11.7. The number of carbonyl (C=O) groups is 2. The van der Waals surface area contributed by atoms with Crippen molar-refractivity contribution < 1.29 is 15.3 Å². The van der Waals surface area contributed by atoms with E-state index in [4.69, 9.17) is 5.73 Å². The van der Waals surface area contributed by atoms with Crippen LogP contribution in [-0.2, 0) is 4.79 Å². The SMILES string of the molecule is Cc1cccc(C([NH3+])=O)c1N1CCN(CC(N)=O)CC1. The lowest BCUT2D eigenvalue weighted by Crippen LogP contribution is -2.57. The number of quaternary nitrogens is 1. The number of carbonyl (C=O) groups excluding carboxylic acids is 2. The molecule has 1 aromatic carbocycles. The van der Waals surface area contributed by atoms with E-state index in [1.54, 1.807) is 0 Å². The Balaban J connectivity index is 2.14. The Labute approximate surface area is 118 Å². The maximum Gasteiger partial charge on any atom is 0.343 e. The fourth-order valence-corrected chi connectivity index (χ4v) is 2.65. The van der Waals surface area contributed by atoms with Crippen LogP contribution in [0.2, 0.25) is 0 Å². The third-order valence-corrected chi connectivity index (χ3v) is 3.61. The lowest BCUT2D eigenvalue weighted by Gasteiger charge is -2.36. The van der Waals surface area contributed by atoms with E-state index in [-0.39, 0.29) is 11.8 Å². The van der Waals surface area contributed by atoms with Crippen LogP contribution < -0.4 is 16.4 Å². The van der Waals surface area contributed by atoms with E-state index in [0.717, 1.165) is 37.4 Å². The van der Waals surface area contributed by atoms with Gasteiger partial charge in [0, 0.05) is 26.2 Å². The van der Waals surface area contributed by atoms with Crippen LogP contribution in [0.25, 0.3) is 0 Å². The van der Waals surface area contributed by atoms with Crippen molar-refractivity contribution in [2.24, 2.45) is 5.73 Å². The predicted octanol–water partition coefficient (Wildman–Crippen LogP) is -1.02. The molecule has 0 saturated carbocycles. The minimum atomic E-state index is -0.303. The third-order valence-electron chi connectivity index (χ3n) is 3.61. The van der Waals surface area contributed by atoms with E-state index >= 15 is 0 Å². The zero-order valence-corrected chi connectivity index (χ0v) is 11.8. The molecule has 0 bridgehead atoms. The molecule has 5 N–H and O–H groups in total. The number of hydrogen-bond acceptors (Lipinski definition) is 4. The molecule has 0 radical (unpaired) electrons. The first-order valence-electron chi connectivity index (χ1n) is 6.70. The fraction of sp³-hybridized carbons (Fsp3) is 0.429. The number of nitrogens with two attached hydrogens (primary N) is 1. The summed E-state index contributed by atoms with van der Waals surface area (Å²) in [4.78, 5) is 26.8. The Kier molecular flexibility index (Phi) is 4.36. The minimum Gasteiger partial charge on any atom is -0.369 e. The number of piperazine rings is 1. The van der Waals surface area contributed by atoms with Crippen molar-refractivity contribution in [2.75, 3.05) is 37.6 Å². The fourth-order valence-electron chi connectivity index (χ4n) is 2.65. The molecular formula is C14H21N4O2+. The summed E-state index contributed by atoms with van der Waals surface area (Å²) in [5, 5.41) is 0. The summed E-state index contributed by atoms with van der Waals surface area (Å²) >= 11 is 0. The van der Waals surface area contributed by atoms with Gasteiger partial charge in [0.15, 0.2) is 0 Å². The molecule has 108 valence electrons. The zero-order valence-electron chi connectivity index (χ0n) is 11.8. The highest BCUT2D eigenvalue weighted by Gasteiger charge is 2.23. The Morgan fingerprint density at radius 1 is 1.25 bits per heavy atom. The van der Waals surface area contributed by atoms with Crippen LogP contribution >= 0.6 is 0 Å². The van der Waals surface area contributed by atoms with Crippen LogP contribution in [0.3, 0.4) is 0 Å². The molecular weight excluding hydrogens is 256 g/mol. The zero-order chi connectivity index (χ0) is 14.7. The molecule has 0 unspecified atom stereocenters. The first kappa shape index (κ1) is 14.5. The lowest BCUT2D eigenvalue weighted by molar-refractivity contribution is -0.254. The van der Waals surface area contributed by atoms with Gasteiger partial charge in [0.2, 0.25) is 5.91 Å². The topological polar surface area (TPSA) is 94.3 Å². The molecule has 0 aromatic heterocycles. The van der Waals surface area contributed by atoms with Crippen molar-refractivity contribution in [1.29, 1.82) is 0 Å². The minimum absolute atomic E-state index is 0.164. The molecule has 6 heteroatoms. The molecule has 0 spiro atoms. The maximum atomic E-state index is 11.7. The first-order chi connectivity index (χ1) is 9.49. The number of rotatable bonds is 4. The van der Waals surface area contributed by atoms with Gasteiger partial charge in [-0.1, -0.05) is 12.1 Å². The van der Waals surface area contributed by atoms with Crippen LogP contribution in [0.5, 0.6) is 0 Å². The Morgan fingerprint density at radius 2 is 1.90 bits per heavy atom. The molecule has 6 nitrogen and oxygen atoms in total. The smallest absolute Gasteiger partial charge is 0.343 e. The van der Waals surface area contributed by atoms with E-state index in [0.29, 0.717) is 12.1 Å². The summed E-state index contributed by atoms with van der Waals surface area (Å²) < 4.78 is 0. The highest BCUT2D eigenvalue weighted by Crippen LogP contribution is 2.25. The van der Waals surface area contributed by atoms with Crippen LogP contribution in [-0.4, -0.2) is 49.4 Å². The molecule has 1 aliphatic heterocycles. The van der Waals surface area contributed by atoms with Gasteiger partial charge >= 0.3 is 5.91 Å². The highest BCUT2D eigenvalue weighted by molar-refractivity contribution is 5.94. The normalized spacial score (nSPS) is 16.2. The quantitative estimate of drug-likeness (QED) is 0.737. The van der Waals surface area contributed by atoms with Gasteiger partial charge in [0.05, 0.1) is 12.2 Å². The van der Waals surface area contributed by atoms with E-state index in [1.807, 2.05) is 30.0 Å².